The molecular formula is C61H85N11O15P2. The smallest absolute Gasteiger partial charge is 0.459 e. The number of nitrogens with one attached hydrogen (secondary N) is 3. The van der Waals surface area contributed by atoms with Gasteiger partial charge < -0.3 is 64.1 Å². The van der Waals surface area contributed by atoms with Crippen LogP contribution in [0, 0.1) is 23.2 Å². The number of hydrogen-bond acceptors (Lipinski definition) is 23. The summed E-state index contributed by atoms with van der Waals surface area (Å²) in [6.45, 7) is 10.9. The molecule has 2 aliphatic carbocycles. The number of esters is 2. The Balaban J connectivity index is 0.906. The molecule has 3 aromatic heterocycles. The van der Waals surface area contributed by atoms with E-state index >= 15 is 4.57 Å². The number of ether oxygens (including phenoxy) is 4. The number of nitrogens with two attached hydrogens (primary N) is 1. The third-order valence-corrected chi connectivity index (χ3v) is 20.2. The maximum atomic E-state index is 15.7. The van der Waals surface area contributed by atoms with Crippen LogP contribution in [-0.4, -0.2) is 146 Å². The average molecular weight is 1270 g/mol. The van der Waals surface area contributed by atoms with Crippen molar-refractivity contribution in [3.8, 4) is 11.5 Å². The number of nitrogen functional groups attached to an aromatic ring is 1. The van der Waals surface area contributed by atoms with E-state index in [4.69, 9.17) is 48.2 Å². The Labute approximate surface area is 519 Å². The maximum absolute atomic E-state index is 15.7. The lowest BCUT2D eigenvalue weighted by molar-refractivity contribution is -0.154. The summed E-state index contributed by atoms with van der Waals surface area (Å²) in [7, 11) is -7.01. The summed E-state index contributed by atoms with van der Waals surface area (Å²) in [5.74, 6) is -1.04. The van der Waals surface area contributed by atoms with E-state index < -0.39 is 108 Å². The van der Waals surface area contributed by atoms with Crippen molar-refractivity contribution in [1.82, 2.24) is 39.2 Å². The lowest BCUT2D eigenvalue weighted by Gasteiger charge is -2.32. The predicted molar refractivity (Wildman–Crippen MR) is 329 cm³/mol. The zero-order valence-corrected chi connectivity index (χ0v) is 52.9. The second-order valence-corrected chi connectivity index (χ2v) is 27.2. The Morgan fingerprint density at radius 1 is 0.787 bits per heavy atom. The van der Waals surface area contributed by atoms with Gasteiger partial charge in [0.25, 0.3) is 0 Å². The van der Waals surface area contributed by atoms with Crippen LogP contribution in [0.2, 0.25) is 0 Å². The molecule has 484 valence electrons. The van der Waals surface area contributed by atoms with Gasteiger partial charge in [-0.15, -0.1) is 0 Å². The Morgan fingerprint density at radius 2 is 1.42 bits per heavy atom. The van der Waals surface area contributed by atoms with Gasteiger partial charge in [-0.2, -0.15) is 5.09 Å². The summed E-state index contributed by atoms with van der Waals surface area (Å²) >= 11 is 0. The van der Waals surface area contributed by atoms with Gasteiger partial charge in [0.1, 0.15) is 90.0 Å². The van der Waals surface area contributed by atoms with E-state index in [1.54, 1.807) is 55.6 Å². The number of aliphatic hydroxyl groups is 4. The lowest BCUT2D eigenvalue weighted by atomic mass is 9.94. The van der Waals surface area contributed by atoms with E-state index in [1.807, 2.05) is 39.8 Å². The largest absolute Gasteiger partial charge is 0.461 e. The SMILES string of the molecule is CCC1CC=Nc2c(ncn2C2OC(C(C)OP(=O)(NC(CC(C)C)C(=O)OC3CCCCC3)Oc3cccc(CC(C)C(NP(Oc4ccccc4)OC(C)C4OC(n5cnc6c(N)ncnc65)C(O)C4O)C(=O)OC4CCCCC4)c3)C(O)C2O)C1=N. The molecule has 5 aliphatic rings. The van der Waals surface area contributed by atoms with Gasteiger partial charge in [-0.25, -0.2) is 34.6 Å². The molecule has 4 fully saturated rings. The molecule has 28 heteroatoms. The number of aromatic nitrogens is 6. The van der Waals surface area contributed by atoms with Crippen LogP contribution in [0.5, 0.6) is 11.5 Å². The van der Waals surface area contributed by atoms with Crippen LogP contribution >= 0.6 is 16.3 Å². The number of carbonyl (C=O) groups is 2. The van der Waals surface area contributed by atoms with Crippen molar-refractivity contribution < 1.29 is 71.6 Å². The number of hydrogen-bond donors (Lipinski definition) is 8. The summed E-state index contributed by atoms with van der Waals surface area (Å²) < 4.78 is 69.7. The first-order chi connectivity index (χ1) is 42.8. The van der Waals surface area contributed by atoms with E-state index in [1.165, 1.54) is 35.0 Å². The summed E-state index contributed by atoms with van der Waals surface area (Å²) in [5, 5.41) is 61.4. The summed E-state index contributed by atoms with van der Waals surface area (Å²) in [6, 6.07) is 13.4. The first-order valence-electron chi connectivity index (χ1n) is 31.1. The molecule has 3 aliphatic heterocycles. The molecule has 5 aromatic rings. The Hall–Kier alpha value is -5.86. The topological polar surface area (TPSA) is 354 Å². The van der Waals surface area contributed by atoms with Crippen molar-refractivity contribution >= 4 is 62.9 Å². The molecule has 6 heterocycles. The van der Waals surface area contributed by atoms with E-state index in [0.29, 0.717) is 66.8 Å². The highest BCUT2D eigenvalue weighted by Crippen LogP contribution is 2.50. The molecule has 0 spiro atoms. The number of fused-ring (bicyclic) bond motifs is 2. The molecule has 9 N–H and O–H groups in total. The minimum Gasteiger partial charge on any atom is -0.461 e. The molecule has 10 rings (SSSR count). The van der Waals surface area contributed by atoms with E-state index in [-0.39, 0.29) is 59.9 Å². The number of imidazole rings is 2. The monoisotopic (exact) mass is 1270 g/mol. The standard InChI is InChI=1S/C61H85N11O15P2/c1-7-39-26-27-64-56-47(45(39)62)67-32-71(56)58-52(76)50(74)54(83-58)37(6)86-89(79,70-44(28-34(2)3)60(77)80-40-19-11-8-12-20-40)87-43-25-17-18-38(30-43)29-35(4)46(61(78)81-41-21-13-9-14-22-41)69-88(85-42-23-15-10-16-24-42)84-36(5)53-49(73)51(75)59(82-53)72-33-68-48-55(63)65-31-66-57(48)72/h10,15-18,23-25,27,30-37,39-41,44,46,49-54,58-59,62,69,73-76H,7-9,11-14,19-22,26,28-29H2,1-6H3,(H,70,79)(H2,63,65,66). The fourth-order valence-electron chi connectivity index (χ4n) is 12.3. The van der Waals surface area contributed by atoms with Crippen LogP contribution in [0.4, 0.5) is 11.6 Å². The quantitative estimate of drug-likeness (QED) is 0.0191. The predicted octanol–water partition coefficient (Wildman–Crippen LogP) is 8.24. The van der Waals surface area contributed by atoms with Crippen LogP contribution in [0.3, 0.4) is 0 Å². The molecule has 0 bridgehead atoms. The lowest BCUT2D eigenvalue weighted by Crippen LogP contribution is -2.45. The van der Waals surface area contributed by atoms with Crippen molar-refractivity contribution in [2.24, 2.45) is 22.7 Å². The third kappa shape index (κ3) is 15.7. The van der Waals surface area contributed by atoms with Crippen molar-refractivity contribution in [1.29, 1.82) is 5.41 Å². The van der Waals surface area contributed by atoms with Gasteiger partial charge in [0.05, 0.1) is 30.6 Å². The second-order valence-electron chi connectivity index (χ2n) is 24.4. The molecule has 2 aromatic carbocycles. The molecule has 2 saturated heterocycles. The number of anilines is 1. The van der Waals surface area contributed by atoms with Gasteiger partial charge in [0.15, 0.2) is 29.7 Å². The number of benzene rings is 2. The Kier molecular flexibility index (Phi) is 22.0. The average Bonchev–Trinajstić information content (AvgIpc) is 1.84. The van der Waals surface area contributed by atoms with Gasteiger partial charge >= 0.3 is 28.2 Å². The van der Waals surface area contributed by atoms with Crippen molar-refractivity contribution in [2.45, 2.75) is 217 Å². The number of rotatable bonds is 26. The second kappa shape index (κ2) is 29.6. The number of aliphatic imine (C=N–C) groups is 1. The molecule has 0 amide bonds. The molecule has 0 radical (unpaired) electrons. The number of para-hydroxylation sites is 1. The summed E-state index contributed by atoms with van der Waals surface area (Å²) in [6.07, 6.45) is 2.18. The fraction of sp³-hybridized carbons (Fsp3) is 0.607. The Morgan fingerprint density at radius 3 is 2.08 bits per heavy atom. The van der Waals surface area contributed by atoms with E-state index in [0.717, 1.165) is 38.5 Å². The molecular weight excluding hydrogens is 1190 g/mol. The van der Waals surface area contributed by atoms with Crippen molar-refractivity contribution in [3.63, 3.8) is 0 Å². The number of aliphatic hydroxyl groups excluding tert-OH is 4. The Bertz CT molecular complexity index is 3280. The van der Waals surface area contributed by atoms with Crippen LogP contribution in [-0.2, 0) is 48.6 Å². The highest BCUT2D eigenvalue weighted by Gasteiger charge is 2.51. The maximum Gasteiger partial charge on any atom is 0.459 e. The molecule has 16 atom stereocenters. The third-order valence-electron chi connectivity index (χ3n) is 17.2. The molecule has 16 unspecified atom stereocenters. The fourth-order valence-corrected chi connectivity index (χ4v) is 15.5. The van der Waals surface area contributed by atoms with Gasteiger partial charge in [0, 0.05) is 12.1 Å². The van der Waals surface area contributed by atoms with Crippen LogP contribution < -0.4 is 25.0 Å². The zero-order valence-electron chi connectivity index (χ0n) is 51.1. The van der Waals surface area contributed by atoms with Crippen LogP contribution in [0.25, 0.3) is 11.2 Å². The van der Waals surface area contributed by atoms with Crippen molar-refractivity contribution in [3.05, 3.63) is 84.8 Å². The van der Waals surface area contributed by atoms with Gasteiger partial charge in [-0.3, -0.25) is 23.2 Å². The van der Waals surface area contributed by atoms with E-state index in [2.05, 4.69) is 35.1 Å². The highest BCUT2D eigenvalue weighted by molar-refractivity contribution is 7.52. The number of carbonyl (C=O) groups excluding carboxylic acids is 2. The van der Waals surface area contributed by atoms with E-state index in [9.17, 15) is 30.0 Å². The zero-order chi connectivity index (χ0) is 63.1. The van der Waals surface area contributed by atoms with Gasteiger partial charge in [-0.1, -0.05) is 70.9 Å². The molecule has 89 heavy (non-hydrogen) atoms. The van der Waals surface area contributed by atoms with Gasteiger partial charge in [-0.05, 0) is 133 Å². The minimum absolute atomic E-state index is 0.0654. The molecule has 26 nitrogen and oxygen atoms in total. The first-order valence-corrected chi connectivity index (χ1v) is 33.9. The highest BCUT2D eigenvalue weighted by atomic mass is 31.2. The number of nitrogens with zero attached hydrogens (tertiary/aromatic N) is 7. The van der Waals surface area contributed by atoms with Crippen LogP contribution in [0.15, 0.2) is 78.6 Å². The summed E-state index contributed by atoms with van der Waals surface area (Å²) in [5.41, 5.74) is 7.90. The van der Waals surface area contributed by atoms with Crippen molar-refractivity contribution in [2.75, 3.05) is 5.73 Å². The van der Waals surface area contributed by atoms with Crippen LogP contribution in [0.1, 0.15) is 149 Å². The summed E-state index contributed by atoms with van der Waals surface area (Å²) in [4.78, 5) is 50.6. The normalized spacial score (nSPS) is 27.0. The minimum atomic E-state index is -4.73. The first kappa shape index (κ1) is 66.1. The molecule has 2 saturated carbocycles. The van der Waals surface area contributed by atoms with Gasteiger partial charge in [0.2, 0.25) is 0 Å².